The van der Waals surface area contributed by atoms with Crippen LogP contribution in [0, 0.1) is 0 Å². The summed E-state index contributed by atoms with van der Waals surface area (Å²) in [6, 6.07) is 97.5. The van der Waals surface area contributed by atoms with Gasteiger partial charge >= 0.3 is 0 Å². The van der Waals surface area contributed by atoms with E-state index in [2.05, 4.69) is 364 Å². The summed E-state index contributed by atoms with van der Waals surface area (Å²) in [5.41, 5.74) is 25.7. The Morgan fingerprint density at radius 3 is 1.29 bits per heavy atom. The number of nitrogens with zero attached hydrogens (tertiary/aromatic N) is 4. The highest BCUT2D eigenvalue weighted by atomic mass is 16.3. The SMILES string of the molecule is CC(C)(C)c1ccc(N(c2ccc(C(C)(C)C)cc2)c2cc3c4c(c2)N(c2cc(-c5ccccc5)cc(-c5cc6ccccc6o5)c2)c2cc(N(c5ccccc5)c5ccccc5)ccc2B4c2cc(C(C)(C)C)ccc2N3c2ccc(C(C)(C)C)cc2)cc1. The highest BCUT2D eigenvalue weighted by molar-refractivity contribution is 7.00. The van der Waals surface area contributed by atoms with Crippen LogP contribution in [0.25, 0.3) is 33.4 Å². The largest absolute Gasteiger partial charge is 0.456 e. The van der Waals surface area contributed by atoms with Gasteiger partial charge in [0, 0.05) is 73.5 Å². The molecule has 14 rings (SSSR count). The second-order valence-corrected chi connectivity index (χ2v) is 28.8. The maximum Gasteiger partial charge on any atom is 0.252 e. The standard InChI is InChI=1S/C84H79BN4O/c1-81(2,3)60-32-39-66(40-33-60)87(67-41-34-61(35-42-67)82(4,5)6)71-54-76-80-77(55-71)89(70-49-58(56-24-16-13-17-25-56)48-59(50-70)79-51-57-26-22-23-31-78(57)90-79)75-53-69(86(64-27-18-14-19-28-64)65-29-20-15-21-30-65)45-46-72(75)85(80)73-52-63(84(10,11)12)38-47-74(73)88(76)68-43-36-62(37-44-68)83(7,8)9/h13-55H,1-12H3. The van der Waals surface area contributed by atoms with Gasteiger partial charge in [0.25, 0.3) is 6.71 Å². The van der Waals surface area contributed by atoms with E-state index in [1.54, 1.807) is 0 Å². The molecule has 0 spiro atoms. The first kappa shape index (κ1) is 57.9. The fourth-order valence-corrected chi connectivity index (χ4v) is 13.4. The molecular weight excluding hydrogens is 1090 g/mol. The molecule has 0 atom stereocenters. The van der Waals surface area contributed by atoms with Crippen LogP contribution in [0.2, 0.25) is 0 Å². The van der Waals surface area contributed by atoms with Crippen LogP contribution in [-0.2, 0) is 21.7 Å². The van der Waals surface area contributed by atoms with Gasteiger partial charge in [0.2, 0.25) is 0 Å². The Hall–Kier alpha value is -9.78. The Morgan fingerprint density at radius 1 is 0.300 bits per heavy atom. The van der Waals surface area contributed by atoms with E-state index in [0.29, 0.717) is 0 Å². The van der Waals surface area contributed by atoms with Gasteiger partial charge in [-0.05, 0) is 193 Å². The quantitative estimate of drug-likeness (QED) is 0.127. The second-order valence-electron chi connectivity index (χ2n) is 28.8. The van der Waals surface area contributed by atoms with Crippen molar-refractivity contribution in [1.29, 1.82) is 0 Å². The summed E-state index contributed by atoms with van der Waals surface area (Å²) >= 11 is 0. The zero-order valence-electron chi connectivity index (χ0n) is 54.1. The van der Waals surface area contributed by atoms with Gasteiger partial charge in [-0.15, -0.1) is 0 Å². The molecule has 2 aliphatic heterocycles. The predicted molar refractivity (Wildman–Crippen MR) is 385 cm³/mol. The zero-order valence-corrected chi connectivity index (χ0v) is 54.1. The van der Waals surface area contributed by atoms with Gasteiger partial charge in [-0.25, -0.2) is 0 Å². The molecule has 0 radical (unpaired) electrons. The highest BCUT2D eigenvalue weighted by Gasteiger charge is 2.45. The average molecular weight is 1170 g/mol. The van der Waals surface area contributed by atoms with Gasteiger partial charge in [0.15, 0.2) is 0 Å². The van der Waals surface area contributed by atoms with Crippen LogP contribution >= 0.6 is 0 Å². The van der Waals surface area contributed by atoms with Crippen LogP contribution in [0.1, 0.15) is 105 Å². The molecule has 0 amide bonds. The van der Waals surface area contributed by atoms with Gasteiger partial charge in [-0.3, -0.25) is 0 Å². The lowest BCUT2D eigenvalue weighted by Crippen LogP contribution is -2.61. The molecule has 0 saturated carbocycles. The molecule has 12 aromatic rings. The molecule has 444 valence electrons. The number of fused-ring (bicyclic) bond motifs is 5. The minimum atomic E-state index is -0.175. The van der Waals surface area contributed by atoms with Crippen molar-refractivity contribution in [3.63, 3.8) is 0 Å². The number of para-hydroxylation sites is 3. The van der Waals surface area contributed by atoms with E-state index in [0.717, 1.165) is 96.0 Å². The molecule has 0 fully saturated rings. The normalized spacial score (nSPS) is 13.0. The summed E-state index contributed by atoms with van der Waals surface area (Å²) < 4.78 is 6.88. The second kappa shape index (κ2) is 22.1. The number of furan rings is 1. The smallest absolute Gasteiger partial charge is 0.252 e. The van der Waals surface area contributed by atoms with E-state index in [9.17, 15) is 0 Å². The summed E-state index contributed by atoms with van der Waals surface area (Å²) in [5.74, 6) is 0.811. The van der Waals surface area contributed by atoms with Gasteiger partial charge < -0.3 is 24.0 Å². The first-order valence-electron chi connectivity index (χ1n) is 31.9. The van der Waals surface area contributed by atoms with Crippen molar-refractivity contribution in [2.24, 2.45) is 0 Å². The number of anilines is 12. The molecule has 0 unspecified atom stereocenters. The summed E-state index contributed by atoms with van der Waals surface area (Å²) in [6.07, 6.45) is 0. The maximum atomic E-state index is 6.88. The van der Waals surface area contributed by atoms with Crippen LogP contribution in [0.3, 0.4) is 0 Å². The minimum Gasteiger partial charge on any atom is -0.456 e. The maximum absolute atomic E-state index is 6.88. The highest BCUT2D eigenvalue weighted by Crippen LogP contribution is 2.51. The van der Waals surface area contributed by atoms with Crippen molar-refractivity contribution in [1.82, 2.24) is 0 Å². The van der Waals surface area contributed by atoms with Gasteiger partial charge in [0.05, 0.1) is 5.69 Å². The third kappa shape index (κ3) is 10.7. The number of hydrogen-bond donors (Lipinski definition) is 0. The minimum absolute atomic E-state index is 0.0368. The van der Waals surface area contributed by atoms with Crippen molar-refractivity contribution >= 4 is 102 Å². The molecule has 90 heavy (non-hydrogen) atoms. The van der Waals surface area contributed by atoms with Crippen molar-refractivity contribution in [2.45, 2.75) is 105 Å². The lowest BCUT2D eigenvalue weighted by atomic mass is 9.33. The number of rotatable bonds is 10. The lowest BCUT2D eigenvalue weighted by molar-refractivity contribution is 0.590. The Morgan fingerprint density at radius 2 is 0.744 bits per heavy atom. The fraction of sp³-hybridized carbons (Fsp3) is 0.190. The van der Waals surface area contributed by atoms with E-state index in [4.69, 9.17) is 4.42 Å². The van der Waals surface area contributed by atoms with Crippen molar-refractivity contribution in [3.05, 3.63) is 283 Å². The number of benzene rings is 11. The Labute approximate surface area is 533 Å². The van der Waals surface area contributed by atoms with Gasteiger partial charge in [-0.2, -0.15) is 0 Å². The predicted octanol–water partition coefficient (Wildman–Crippen LogP) is 22.0. The number of hydrogen-bond acceptors (Lipinski definition) is 5. The first-order valence-corrected chi connectivity index (χ1v) is 31.9. The summed E-state index contributed by atoms with van der Waals surface area (Å²) in [7, 11) is 0. The van der Waals surface area contributed by atoms with Crippen LogP contribution in [-0.4, -0.2) is 6.71 Å². The first-order chi connectivity index (χ1) is 43.1. The Bertz CT molecular complexity index is 4490. The van der Waals surface area contributed by atoms with Crippen LogP contribution in [0.5, 0.6) is 0 Å². The van der Waals surface area contributed by atoms with Crippen molar-refractivity contribution < 1.29 is 4.42 Å². The van der Waals surface area contributed by atoms with Crippen LogP contribution < -0.4 is 36.0 Å². The average Bonchev–Trinajstić information content (AvgIpc) is 0.752. The van der Waals surface area contributed by atoms with Crippen LogP contribution in [0.4, 0.5) is 68.2 Å². The Kier molecular flexibility index (Phi) is 14.2. The third-order valence-electron chi connectivity index (χ3n) is 18.4. The molecule has 6 heteroatoms. The Balaban J connectivity index is 1.13. The molecule has 0 aliphatic carbocycles. The molecule has 3 heterocycles. The molecule has 0 bridgehead atoms. The monoisotopic (exact) mass is 1170 g/mol. The fourth-order valence-electron chi connectivity index (χ4n) is 13.4. The van der Waals surface area contributed by atoms with Crippen molar-refractivity contribution in [3.8, 4) is 22.5 Å². The van der Waals surface area contributed by atoms with E-state index in [1.807, 2.05) is 0 Å². The van der Waals surface area contributed by atoms with E-state index < -0.39 is 0 Å². The topological polar surface area (TPSA) is 26.1 Å². The summed E-state index contributed by atoms with van der Waals surface area (Å²) in [5, 5.41) is 1.06. The molecule has 11 aromatic carbocycles. The van der Waals surface area contributed by atoms with E-state index >= 15 is 0 Å². The molecule has 5 nitrogen and oxygen atoms in total. The van der Waals surface area contributed by atoms with Gasteiger partial charge in [-0.1, -0.05) is 223 Å². The molecule has 0 N–H and O–H groups in total. The molecule has 1 aromatic heterocycles. The van der Waals surface area contributed by atoms with Crippen molar-refractivity contribution in [2.75, 3.05) is 19.6 Å². The molecule has 0 saturated heterocycles. The van der Waals surface area contributed by atoms with E-state index in [1.165, 1.54) is 44.3 Å². The van der Waals surface area contributed by atoms with E-state index in [-0.39, 0.29) is 28.4 Å². The zero-order chi connectivity index (χ0) is 62.4. The lowest BCUT2D eigenvalue weighted by Gasteiger charge is -2.45. The van der Waals surface area contributed by atoms with Gasteiger partial charge in [0.1, 0.15) is 11.3 Å². The molecular formula is C84H79BN4O. The molecule has 2 aliphatic rings. The summed E-state index contributed by atoms with van der Waals surface area (Å²) in [4.78, 5) is 10.0. The summed E-state index contributed by atoms with van der Waals surface area (Å²) in [6.45, 7) is 27.5. The van der Waals surface area contributed by atoms with Crippen LogP contribution in [0.15, 0.2) is 265 Å². The third-order valence-corrected chi connectivity index (χ3v) is 18.4.